The van der Waals surface area contributed by atoms with E-state index in [4.69, 9.17) is 5.73 Å². The molecule has 0 bridgehead atoms. The average Bonchev–Trinajstić information content (AvgIpc) is 2.70. The molecule has 2 N–H and O–H groups in total. The molecule has 0 aliphatic heterocycles. The van der Waals surface area contributed by atoms with Crippen molar-refractivity contribution in [3.8, 4) is 0 Å². The van der Waals surface area contributed by atoms with Gasteiger partial charge in [-0.3, -0.25) is 0 Å². The number of rotatable bonds is 3. The van der Waals surface area contributed by atoms with E-state index >= 15 is 0 Å². The number of anilines is 1. The van der Waals surface area contributed by atoms with E-state index in [1.54, 1.807) is 17.5 Å². The average molecular weight is 234 g/mol. The fraction of sp³-hybridized carbons (Fsp3) is 0.364. The van der Waals surface area contributed by atoms with Crippen molar-refractivity contribution in [2.45, 2.75) is 26.2 Å². The van der Waals surface area contributed by atoms with Gasteiger partial charge in [-0.15, -0.1) is 11.3 Å². The minimum absolute atomic E-state index is 0.330. The molecule has 0 atom stereocenters. The van der Waals surface area contributed by atoms with Gasteiger partial charge in [-0.1, -0.05) is 13.8 Å². The van der Waals surface area contributed by atoms with Crippen LogP contribution in [0.2, 0.25) is 0 Å². The van der Waals surface area contributed by atoms with Crippen LogP contribution in [0.25, 0.3) is 0 Å². The minimum atomic E-state index is 0.330. The van der Waals surface area contributed by atoms with Gasteiger partial charge in [-0.2, -0.15) is 0 Å². The van der Waals surface area contributed by atoms with Gasteiger partial charge in [0.1, 0.15) is 12.1 Å². The molecule has 0 saturated carbocycles. The second-order valence-corrected chi connectivity index (χ2v) is 4.86. The molecule has 0 spiro atoms. The van der Waals surface area contributed by atoms with Crippen LogP contribution in [-0.4, -0.2) is 15.0 Å². The second-order valence-electron chi connectivity index (χ2n) is 3.88. The second kappa shape index (κ2) is 4.57. The number of hydrogen-bond donors (Lipinski definition) is 1. The Balaban J connectivity index is 2.37. The SMILES string of the molecule is CC(C)c1c(N)ncnc1Cc1nccs1. The van der Waals surface area contributed by atoms with Gasteiger partial charge in [-0.05, 0) is 5.92 Å². The summed E-state index contributed by atoms with van der Waals surface area (Å²) in [4.78, 5) is 12.6. The maximum absolute atomic E-state index is 5.88. The Hall–Kier alpha value is -1.49. The monoisotopic (exact) mass is 234 g/mol. The molecule has 5 heteroatoms. The molecule has 0 radical (unpaired) electrons. The zero-order valence-electron chi connectivity index (χ0n) is 9.34. The van der Waals surface area contributed by atoms with Crippen LogP contribution in [0.15, 0.2) is 17.9 Å². The third-order valence-electron chi connectivity index (χ3n) is 2.38. The Morgan fingerprint density at radius 1 is 1.31 bits per heavy atom. The van der Waals surface area contributed by atoms with Gasteiger partial charge in [0, 0.05) is 23.6 Å². The Morgan fingerprint density at radius 2 is 2.12 bits per heavy atom. The first kappa shape index (κ1) is 11.0. The summed E-state index contributed by atoms with van der Waals surface area (Å²) in [7, 11) is 0. The van der Waals surface area contributed by atoms with Gasteiger partial charge < -0.3 is 5.73 Å². The van der Waals surface area contributed by atoms with Gasteiger partial charge in [0.2, 0.25) is 0 Å². The van der Waals surface area contributed by atoms with E-state index in [1.165, 1.54) is 6.33 Å². The number of hydrogen-bond acceptors (Lipinski definition) is 5. The third-order valence-corrected chi connectivity index (χ3v) is 3.16. The standard InChI is InChI=1S/C11H14N4S/c1-7(2)10-8(14-6-15-11(10)12)5-9-13-3-4-16-9/h3-4,6-7H,5H2,1-2H3,(H2,12,14,15). The molecule has 2 aromatic rings. The lowest BCUT2D eigenvalue weighted by atomic mass is 10.0. The molecule has 0 saturated heterocycles. The summed E-state index contributed by atoms with van der Waals surface area (Å²) in [5.41, 5.74) is 7.91. The lowest BCUT2D eigenvalue weighted by molar-refractivity contribution is 0.820. The largest absolute Gasteiger partial charge is 0.383 e. The zero-order chi connectivity index (χ0) is 11.5. The van der Waals surface area contributed by atoms with Crippen LogP contribution in [0.1, 0.15) is 36.0 Å². The van der Waals surface area contributed by atoms with Gasteiger partial charge in [0.15, 0.2) is 0 Å². The number of aromatic nitrogens is 3. The molecule has 4 nitrogen and oxygen atoms in total. The van der Waals surface area contributed by atoms with Crippen molar-refractivity contribution in [1.29, 1.82) is 0 Å². The lowest BCUT2D eigenvalue weighted by Crippen LogP contribution is -2.07. The van der Waals surface area contributed by atoms with Crippen molar-refractivity contribution in [3.05, 3.63) is 34.2 Å². The molecule has 0 unspecified atom stereocenters. The minimum Gasteiger partial charge on any atom is -0.383 e. The van der Waals surface area contributed by atoms with Crippen LogP contribution >= 0.6 is 11.3 Å². The normalized spacial score (nSPS) is 10.9. The third kappa shape index (κ3) is 2.19. The van der Waals surface area contributed by atoms with Crippen LogP contribution in [0.4, 0.5) is 5.82 Å². The van der Waals surface area contributed by atoms with E-state index in [1.807, 2.05) is 5.38 Å². The fourth-order valence-corrected chi connectivity index (χ4v) is 2.32. The Bertz CT molecular complexity index is 465. The zero-order valence-corrected chi connectivity index (χ0v) is 10.2. The van der Waals surface area contributed by atoms with Crippen LogP contribution < -0.4 is 5.73 Å². The Morgan fingerprint density at radius 3 is 2.75 bits per heavy atom. The Labute approximate surface area is 98.6 Å². The predicted molar refractivity (Wildman–Crippen MR) is 65.5 cm³/mol. The highest BCUT2D eigenvalue weighted by molar-refractivity contribution is 7.09. The maximum Gasteiger partial charge on any atom is 0.130 e. The van der Waals surface area contributed by atoms with E-state index < -0.39 is 0 Å². The van der Waals surface area contributed by atoms with Crippen molar-refractivity contribution in [2.75, 3.05) is 5.73 Å². The van der Waals surface area contributed by atoms with E-state index in [0.29, 0.717) is 11.7 Å². The smallest absolute Gasteiger partial charge is 0.130 e. The molecule has 0 fully saturated rings. The van der Waals surface area contributed by atoms with Crippen molar-refractivity contribution < 1.29 is 0 Å². The summed E-state index contributed by atoms with van der Waals surface area (Å²) in [6.07, 6.45) is 4.06. The first-order valence-electron chi connectivity index (χ1n) is 5.16. The van der Waals surface area contributed by atoms with Crippen LogP contribution in [0.5, 0.6) is 0 Å². The number of thiazole rings is 1. The Kier molecular flexibility index (Phi) is 3.14. The summed E-state index contributed by atoms with van der Waals surface area (Å²) < 4.78 is 0. The quantitative estimate of drug-likeness (QED) is 0.884. The summed E-state index contributed by atoms with van der Waals surface area (Å²) in [6.45, 7) is 4.20. The van der Waals surface area contributed by atoms with Gasteiger partial charge >= 0.3 is 0 Å². The summed E-state index contributed by atoms with van der Waals surface area (Å²) in [5, 5.41) is 3.02. The molecule has 0 aliphatic rings. The molecule has 2 heterocycles. The molecule has 0 aromatic carbocycles. The van der Waals surface area contributed by atoms with Crippen LogP contribution in [0, 0.1) is 0 Å². The van der Waals surface area contributed by atoms with E-state index in [9.17, 15) is 0 Å². The van der Waals surface area contributed by atoms with Crippen molar-refractivity contribution >= 4 is 17.2 Å². The lowest BCUT2D eigenvalue weighted by Gasteiger charge is -2.12. The van der Waals surface area contributed by atoms with E-state index in [2.05, 4.69) is 28.8 Å². The number of nitrogen functional groups attached to an aromatic ring is 1. The maximum atomic E-state index is 5.88. The summed E-state index contributed by atoms with van der Waals surface area (Å²) in [6, 6.07) is 0. The first-order valence-corrected chi connectivity index (χ1v) is 6.04. The van der Waals surface area contributed by atoms with Gasteiger partial charge in [0.05, 0.1) is 10.7 Å². The van der Waals surface area contributed by atoms with Gasteiger partial charge in [-0.25, -0.2) is 15.0 Å². The number of nitrogens with zero attached hydrogens (tertiary/aromatic N) is 3. The van der Waals surface area contributed by atoms with Crippen LogP contribution in [-0.2, 0) is 6.42 Å². The van der Waals surface area contributed by atoms with E-state index in [-0.39, 0.29) is 0 Å². The van der Waals surface area contributed by atoms with Crippen molar-refractivity contribution in [1.82, 2.24) is 15.0 Å². The molecule has 2 rings (SSSR count). The highest BCUT2D eigenvalue weighted by Gasteiger charge is 2.13. The molecule has 2 aromatic heterocycles. The first-order chi connectivity index (χ1) is 7.68. The highest BCUT2D eigenvalue weighted by Crippen LogP contribution is 2.24. The predicted octanol–water partition coefficient (Wildman–Crippen LogP) is 2.23. The highest BCUT2D eigenvalue weighted by atomic mass is 32.1. The fourth-order valence-electron chi connectivity index (χ4n) is 1.70. The van der Waals surface area contributed by atoms with Crippen molar-refractivity contribution in [3.63, 3.8) is 0 Å². The van der Waals surface area contributed by atoms with Crippen molar-refractivity contribution in [2.24, 2.45) is 0 Å². The molecule has 16 heavy (non-hydrogen) atoms. The topological polar surface area (TPSA) is 64.7 Å². The molecular formula is C11H14N4S. The molecule has 0 aliphatic carbocycles. The summed E-state index contributed by atoms with van der Waals surface area (Å²) >= 11 is 1.63. The molecule has 0 amide bonds. The number of nitrogens with two attached hydrogens (primary N) is 1. The van der Waals surface area contributed by atoms with Crippen LogP contribution in [0.3, 0.4) is 0 Å². The summed E-state index contributed by atoms with van der Waals surface area (Å²) in [5.74, 6) is 0.910. The molecule has 84 valence electrons. The van der Waals surface area contributed by atoms with Gasteiger partial charge in [0.25, 0.3) is 0 Å². The van der Waals surface area contributed by atoms with E-state index in [0.717, 1.165) is 22.7 Å². The molecular weight excluding hydrogens is 220 g/mol.